The first kappa shape index (κ1) is 20.6. The van der Waals surface area contributed by atoms with Crippen molar-refractivity contribution in [2.75, 3.05) is 17.0 Å². The molecule has 0 aromatic carbocycles. The Bertz CT molecular complexity index is 861. The molecule has 28 heavy (non-hydrogen) atoms. The number of amides is 3. The van der Waals surface area contributed by atoms with Crippen LogP contribution in [0.4, 0.5) is 10.6 Å². The molecule has 0 saturated carbocycles. The van der Waals surface area contributed by atoms with Crippen LogP contribution in [0.2, 0.25) is 0 Å². The molecule has 1 aliphatic rings. The van der Waals surface area contributed by atoms with E-state index in [4.69, 9.17) is 4.74 Å². The highest BCUT2D eigenvalue weighted by atomic mass is 79.9. The SMILES string of the molecule is CC(C)(C)OC(=O)NCC(=O)N1CCCC1C(=O)N(Br)c1cn2ccsc2n1. The van der Waals surface area contributed by atoms with Gasteiger partial charge in [0, 0.05) is 18.1 Å². The van der Waals surface area contributed by atoms with Crippen LogP contribution in [0, 0.1) is 0 Å². The van der Waals surface area contributed by atoms with E-state index in [9.17, 15) is 14.4 Å². The number of likely N-dealkylation sites (tertiary alicyclic amines) is 1. The molecule has 2 aromatic rings. The molecule has 1 aliphatic heterocycles. The first-order valence-electron chi connectivity index (χ1n) is 8.84. The van der Waals surface area contributed by atoms with Crippen LogP contribution in [0.1, 0.15) is 33.6 Å². The molecule has 2 aromatic heterocycles. The lowest BCUT2D eigenvalue weighted by Gasteiger charge is -2.26. The number of aromatic nitrogens is 2. The molecule has 152 valence electrons. The fourth-order valence-corrected chi connectivity index (χ4v) is 4.04. The zero-order valence-electron chi connectivity index (χ0n) is 15.8. The van der Waals surface area contributed by atoms with Gasteiger partial charge in [0.1, 0.15) is 18.2 Å². The van der Waals surface area contributed by atoms with Crippen LogP contribution < -0.4 is 9.24 Å². The van der Waals surface area contributed by atoms with Crippen LogP contribution in [0.3, 0.4) is 0 Å². The molecule has 1 N–H and O–H groups in total. The molecular weight excluding hydrogens is 450 g/mol. The van der Waals surface area contributed by atoms with E-state index in [0.29, 0.717) is 25.2 Å². The predicted octanol–water partition coefficient (Wildman–Crippen LogP) is 2.55. The van der Waals surface area contributed by atoms with Gasteiger partial charge in [-0.25, -0.2) is 13.7 Å². The third kappa shape index (κ3) is 4.64. The van der Waals surface area contributed by atoms with Crippen molar-refractivity contribution in [1.82, 2.24) is 19.6 Å². The van der Waals surface area contributed by atoms with Crippen LogP contribution in [-0.2, 0) is 14.3 Å². The van der Waals surface area contributed by atoms with Gasteiger partial charge in [-0.05, 0) is 33.6 Å². The van der Waals surface area contributed by atoms with Crippen molar-refractivity contribution in [2.24, 2.45) is 0 Å². The zero-order chi connectivity index (χ0) is 20.5. The number of anilines is 1. The monoisotopic (exact) mass is 471 g/mol. The number of carbonyl (C=O) groups excluding carboxylic acids is 3. The van der Waals surface area contributed by atoms with Gasteiger partial charge in [-0.2, -0.15) is 0 Å². The van der Waals surface area contributed by atoms with Gasteiger partial charge >= 0.3 is 6.09 Å². The van der Waals surface area contributed by atoms with E-state index in [-0.39, 0.29) is 18.4 Å². The maximum atomic E-state index is 12.9. The zero-order valence-corrected chi connectivity index (χ0v) is 18.2. The number of rotatable bonds is 4. The van der Waals surface area contributed by atoms with E-state index < -0.39 is 17.7 Å². The number of hydrogen-bond donors (Lipinski definition) is 1. The van der Waals surface area contributed by atoms with Gasteiger partial charge in [0.05, 0.1) is 22.3 Å². The molecule has 0 radical (unpaired) electrons. The quantitative estimate of drug-likeness (QED) is 0.691. The standard InChI is InChI=1S/C17H22BrN5O4S/c1-17(2,3)27-16(26)19-9-13(24)22-6-4-5-11(22)14(25)23(18)12-10-21-7-8-28-15(21)20-12/h7-8,10-11H,4-6,9H2,1-3H3,(H,19,26). The summed E-state index contributed by atoms with van der Waals surface area (Å²) in [6.07, 6.45) is 4.21. The molecular formula is C17H22BrN5O4S. The Morgan fingerprint density at radius 2 is 2.18 bits per heavy atom. The lowest BCUT2D eigenvalue weighted by atomic mass is 10.2. The number of thiazole rings is 1. The summed E-state index contributed by atoms with van der Waals surface area (Å²) >= 11 is 4.75. The van der Waals surface area contributed by atoms with Crippen molar-refractivity contribution >= 4 is 56.2 Å². The molecule has 1 fully saturated rings. The summed E-state index contributed by atoms with van der Waals surface area (Å²) in [5.74, 6) is -0.134. The molecule has 3 heterocycles. The normalized spacial score (nSPS) is 17.0. The fraction of sp³-hybridized carbons (Fsp3) is 0.529. The van der Waals surface area contributed by atoms with E-state index in [1.807, 2.05) is 16.0 Å². The first-order chi connectivity index (χ1) is 13.2. The second-order valence-electron chi connectivity index (χ2n) is 7.41. The molecule has 0 bridgehead atoms. The Morgan fingerprint density at radius 3 is 2.86 bits per heavy atom. The summed E-state index contributed by atoms with van der Waals surface area (Å²) in [7, 11) is 0. The Labute approximate surface area is 175 Å². The number of imidazole rings is 1. The largest absolute Gasteiger partial charge is 0.444 e. The van der Waals surface area contributed by atoms with Crippen molar-refractivity contribution in [3.63, 3.8) is 0 Å². The van der Waals surface area contributed by atoms with E-state index >= 15 is 0 Å². The maximum absolute atomic E-state index is 12.9. The molecule has 0 aliphatic carbocycles. The molecule has 1 saturated heterocycles. The topological polar surface area (TPSA) is 96.2 Å². The molecule has 1 unspecified atom stereocenters. The second kappa shape index (κ2) is 8.08. The average molecular weight is 472 g/mol. The van der Waals surface area contributed by atoms with Crippen LogP contribution in [-0.4, -0.2) is 56.9 Å². The second-order valence-corrected chi connectivity index (χ2v) is 8.99. The van der Waals surface area contributed by atoms with E-state index in [1.54, 1.807) is 27.0 Å². The highest BCUT2D eigenvalue weighted by molar-refractivity contribution is 9.10. The fourth-order valence-electron chi connectivity index (χ4n) is 2.94. The highest BCUT2D eigenvalue weighted by Gasteiger charge is 2.37. The molecule has 3 rings (SSSR count). The number of fused-ring (bicyclic) bond motifs is 1. The van der Waals surface area contributed by atoms with Crippen LogP contribution in [0.15, 0.2) is 17.8 Å². The Kier molecular flexibility index (Phi) is 5.94. The van der Waals surface area contributed by atoms with Gasteiger partial charge in [0.2, 0.25) is 5.91 Å². The number of nitrogens with one attached hydrogen (secondary N) is 1. The minimum Gasteiger partial charge on any atom is -0.444 e. The van der Waals surface area contributed by atoms with Crippen molar-refractivity contribution in [1.29, 1.82) is 0 Å². The van der Waals surface area contributed by atoms with Crippen molar-refractivity contribution in [3.8, 4) is 0 Å². The number of nitrogens with zero attached hydrogens (tertiary/aromatic N) is 4. The van der Waals surface area contributed by atoms with E-state index in [1.165, 1.54) is 20.2 Å². The number of halogens is 1. The summed E-state index contributed by atoms with van der Waals surface area (Å²) in [6, 6.07) is -0.605. The smallest absolute Gasteiger partial charge is 0.408 e. The predicted molar refractivity (Wildman–Crippen MR) is 108 cm³/mol. The minimum absolute atomic E-state index is 0.221. The summed E-state index contributed by atoms with van der Waals surface area (Å²) in [4.78, 5) is 43.9. The third-order valence-corrected chi connectivity index (χ3v) is 5.60. The van der Waals surface area contributed by atoms with Crippen molar-refractivity contribution < 1.29 is 19.1 Å². The third-order valence-electron chi connectivity index (χ3n) is 4.12. The van der Waals surface area contributed by atoms with Crippen molar-refractivity contribution in [3.05, 3.63) is 17.8 Å². The molecule has 0 spiro atoms. The van der Waals surface area contributed by atoms with Crippen molar-refractivity contribution in [2.45, 2.75) is 45.3 Å². The molecule has 9 nitrogen and oxygen atoms in total. The van der Waals surface area contributed by atoms with Crippen LogP contribution in [0.5, 0.6) is 0 Å². The van der Waals surface area contributed by atoms with E-state index in [0.717, 1.165) is 4.96 Å². The molecule has 11 heteroatoms. The maximum Gasteiger partial charge on any atom is 0.408 e. The van der Waals surface area contributed by atoms with Gasteiger partial charge < -0.3 is 15.0 Å². The minimum atomic E-state index is -0.664. The Hall–Kier alpha value is -2.14. The molecule has 1 atom stereocenters. The van der Waals surface area contributed by atoms with Crippen LogP contribution >= 0.6 is 27.5 Å². The van der Waals surface area contributed by atoms with Gasteiger partial charge in [-0.15, -0.1) is 11.3 Å². The first-order valence-corrected chi connectivity index (χ1v) is 10.4. The van der Waals surface area contributed by atoms with Gasteiger partial charge in [-0.1, -0.05) is 0 Å². The molecule has 3 amide bonds. The lowest BCUT2D eigenvalue weighted by Crippen LogP contribution is -2.48. The average Bonchev–Trinajstić information content (AvgIpc) is 3.31. The van der Waals surface area contributed by atoms with Gasteiger partial charge in [0.25, 0.3) is 5.91 Å². The number of carbonyl (C=O) groups is 3. The number of hydrogen-bond acceptors (Lipinski definition) is 6. The summed E-state index contributed by atoms with van der Waals surface area (Å²) in [5.41, 5.74) is -0.645. The van der Waals surface area contributed by atoms with Gasteiger partial charge in [-0.3, -0.25) is 14.0 Å². The highest BCUT2D eigenvalue weighted by Crippen LogP contribution is 2.26. The van der Waals surface area contributed by atoms with E-state index in [2.05, 4.69) is 26.4 Å². The Morgan fingerprint density at radius 1 is 1.43 bits per heavy atom. The summed E-state index contributed by atoms with van der Waals surface area (Å²) in [5, 5.41) is 4.35. The number of alkyl carbamates (subject to hydrolysis) is 1. The summed E-state index contributed by atoms with van der Waals surface area (Å²) in [6.45, 7) is 5.47. The van der Waals surface area contributed by atoms with Crippen LogP contribution in [0.25, 0.3) is 4.96 Å². The summed E-state index contributed by atoms with van der Waals surface area (Å²) < 4.78 is 8.25. The Balaban J connectivity index is 1.61. The number of ether oxygens (including phenoxy) is 1. The lowest BCUT2D eigenvalue weighted by molar-refractivity contribution is -0.136. The van der Waals surface area contributed by atoms with Gasteiger partial charge in [0.15, 0.2) is 10.8 Å².